The molecule has 0 bridgehead atoms. The smallest absolute Gasteiger partial charge is 0.339 e. The summed E-state index contributed by atoms with van der Waals surface area (Å²) in [5, 5.41) is 9.91. The molecule has 0 amide bonds. The third-order valence-electron chi connectivity index (χ3n) is 4.07. The second-order valence-electron chi connectivity index (χ2n) is 5.59. The Morgan fingerprint density at radius 2 is 2.00 bits per heavy atom. The van der Waals surface area contributed by atoms with E-state index in [0.717, 1.165) is 24.2 Å². The zero-order chi connectivity index (χ0) is 18.4. The van der Waals surface area contributed by atoms with Gasteiger partial charge < -0.3 is 14.1 Å². The van der Waals surface area contributed by atoms with Gasteiger partial charge in [0.1, 0.15) is 11.5 Å². The molecule has 1 aromatic carbocycles. The molecule has 0 fully saturated rings. The highest BCUT2D eigenvalue weighted by Crippen LogP contribution is 2.22. The number of nitrogens with zero attached hydrogens (tertiary/aromatic N) is 2. The van der Waals surface area contributed by atoms with Crippen molar-refractivity contribution in [3.05, 3.63) is 40.2 Å². The number of nitriles is 1. The van der Waals surface area contributed by atoms with Crippen molar-refractivity contribution in [3.8, 4) is 6.07 Å². The number of anilines is 1. The van der Waals surface area contributed by atoms with Crippen LogP contribution in [-0.4, -0.2) is 25.7 Å². The van der Waals surface area contributed by atoms with Crippen LogP contribution in [0.25, 0.3) is 11.0 Å². The van der Waals surface area contributed by atoms with Gasteiger partial charge in [0.15, 0.2) is 0 Å². The lowest BCUT2D eigenvalue weighted by molar-refractivity contribution is -0.145. The van der Waals surface area contributed by atoms with Crippen LogP contribution in [0.4, 0.5) is 5.69 Å². The van der Waals surface area contributed by atoms with Gasteiger partial charge in [0.2, 0.25) is 0 Å². The third kappa shape index (κ3) is 4.18. The van der Waals surface area contributed by atoms with E-state index >= 15 is 0 Å². The highest BCUT2D eigenvalue weighted by atomic mass is 16.5. The predicted octanol–water partition coefficient (Wildman–Crippen LogP) is 2.88. The molecule has 6 nitrogen and oxygen atoms in total. The van der Waals surface area contributed by atoms with Gasteiger partial charge in [-0.15, -0.1) is 0 Å². The van der Waals surface area contributed by atoms with Gasteiger partial charge in [-0.25, -0.2) is 4.79 Å². The summed E-state index contributed by atoms with van der Waals surface area (Å²) in [6.45, 7) is 7.69. The van der Waals surface area contributed by atoms with Crippen molar-refractivity contribution >= 4 is 22.6 Å². The summed E-state index contributed by atoms with van der Waals surface area (Å²) in [5.41, 5.74) is 1.23. The number of carbonyl (C=O) groups excluding carboxylic acids is 1. The first-order valence-electron chi connectivity index (χ1n) is 8.41. The Balaban J connectivity index is 2.36. The number of fused-ring (bicyclic) bond motifs is 1. The number of rotatable bonds is 7. The largest absolute Gasteiger partial charge is 0.465 e. The topological polar surface area (TPSA) is 83.5 Å². The molecule has 132 valence electrons. The van der Waals surface area contributed by atoms with Crippen LogP contribution in [0, 0.1) is 17.2 Å². The first kappa shape index (κ1) is 18.5. The Labute approximate surface area is 146 Å². The van der Waals surface area contributed by atoms with E-state index in [1.165, 1.54) is 0 Å². The molecule has 6 heteroatoms. The minimum atomic E-state index is -1.02. The molecular weight excluding hydrogens is 320 g/mol. The molecule has 1 heterocycles. The number of hydrogen-bond acceptors (Lipinski definition) is 6. The van der Waals surface area contributed by atoms with Gasteiger partial charge in [-0.1, -0.05) is 0 Å². The number of esters is 1. The van der Waals surface area contributed by atoms with Gasteiger partial charge in [-0.05, 0) is 39.0 Å². The highest BCUT2D eigenvalue weighted by molar-refractivity contribution is 5.81. The van der Waals surface area contributed by atoms with Crippen molar-refractivity contribution in [2.45, 2.75) is 27.2 Å². The lowest BCUT2D eigenvalue weighted by Gasteiger charge is -2.21. The van der Waals surface area contributed by atoms with Crippen molar-refractivity contribution in [2.24, 2.45) is 5.92 Å². The fourth-order valence-electron chi connectivity index (χ4n) is 2.71. The molecule has 1 aromatic heterocycles. The van der Waals surface area contributed by atoms with E-state index in [-0.39, 0.29) is 13.0 Å². The van der Waals surface area contributed by atoms with Crippen molar-refractivity contribution in [1.29, 1.82) is 5.26 Å². The van der Waals surface area contributed by atoms with Gasteiger partial charge in [-0.2, -0.15) is 5.26 Å². The Morgan fingerprint density at radius 1 is 1.28 bits per heavy atom. The summed E-state index contributed by atoms with van der Waals surface area (Å²) < 4.78 is 10.3. The van der Waals surface area contributed by atoms with Crippen LogP contribution in [0.15, 0.2) is 33.5 Å². The first-order chi connectivity index (χ1) is 12.0. The minimum Gasteiger partial charge on any atom is -0.465 e. The number of ether oxygens (including phenoxy) is 1. The van der Waals surface area contributed by atoms with E-state index in [2.05, 4.69) is 18.7 Å². The fraction of sp³-hybridized carbons (Fsp3) is 0.421. The second kappa shape index (κ2) is 8.34. The highest BCUT2D eigenvalue weighted by Gasteiger charge is 2.22. The van der Waals surface area contributed by atoms with Gasteiger partial charge in [0.05, 0.1) is 12.7 Å². The molecular formula is C19H22N2O4. The predicted molar refractivity (Wildman–Crippen MR) is 95.5 cm³/mol. The zero-order valence-corrected chi connectivity index (χ0v) is 14.7. The van der Waals surface area contributed by atoms with E-state index in [0.29, 0.717) is 11.1 Å². The minimum absolute atomic E-state index is 0.0224. The van der Waals surface area contributed by atoms with Gasteiger partial charge in [0.25, 0.3) is 0 Å². The summed E-state index contributed by atoms with van der Waals surface area (Å²) in [6, 6.07) is 9.24. The Hall–Kier alpha value is -2.81. The summed E-state index contributed by atoms with van der Waals surface area (Å²) in [6.07, 6.45) is -0.0224. The van der Waals surface area contributed by atoms with Crippen molar-refractivity contribution < 1.29 is 13.9 Å². The molecule has 0 aliphatic rings. The van der Waals surface area contributed by atoms with Crippen LogP contribution in [0.1, 0.15) is 26.3 Å². The lowest BCUT2D eigenvalue weighted by Crippen LogP contribution is -2.22. The molecule has 0 N–H and O–H groups in total. The summed E-state index contributed by atoms with van der Waals surface area (Å²) in [4.78, 5) is 26.2. The maximum atomic E-state index is 12.2. The normalized spacial score (nSPS) is 11.8. The van der Waals surface area contributed by atoms with Gasteiger partial charge in [0, 0.05) is 42.2 Å². The second-order valence-corrected chi connectivity index (χ2v) is 5.59. The number of hydrogen-bond donors (Lipinski definition) is 0. The number of benzene rings is 1. The standard InChI is InChI=1S/C19H22N2O4/c1-4-21(5-2)16-8-7-13-9-14(19(23)25-17(13)11-16)10-15(12-20)18(22)24-6-3/h7-9,11,15H,4-6,10H2,1-3H3. The molecule has 2 rings (SSSR count). The SMILES string of the molecule is CCOC(=O)C(C#N)Cc1cc2ccc(N(CC)CC)cc2oc1=O. The quantitative estimate of drug-likeness (QED) is 0.568. The molecule has 0 aliphatic carbocycles. The zero-order valence-electron chi connectivity index (χ0n) is 14.7. The lowest BCUT2D eigenvalue weighted by atomic mass is 10.0. The maximum Gasteiger partial charge on any atom is 0.339 e. The van der Waals surface area contributed by atoms with E-state index in [9.17, 15) is 9.59 Å². The molecule has 1 atom stereocenters. The summed E-state index contributed by atoms with van der Waals surface area (Å²) >= 11 is 0. The summed E-state index contributed by atoms with van der Waals surface area (Å²) in [5.74, 6) is -1.64. The van der Waals surface area contributed by atoms with Crippen molar-refractivity contribution in [3.63, 3.8) is 0 Å². The monoisotopic (exact) mass is 342 g/mol. The van der Waals surface area contributed by atoms with Gasteiger partial charge >= 0.3 is 11.6 Å². The maximum absolute atomic E-state index is 12.2. The molecule has 2 aromatic rings. The molecule has 0 radical (unpaired) electrons. The summed E-state index contributed by atoms with van der Waals surface area (Å²) in [7, 11) is 0. The third-order valence-corrected chi connectivity index (χ3v) is 4.07. The van der Waals surface area contributed by atoms with E-state index < -0.39 is 17.5 Å². The number of carbonyl (C=O) groups is 1. The first-order valence-corrected chi connectivity index (χ1v) is 8.41. The average Bonchev–Trinajstić information content (AvgIpc) is 2.61. The van der Waals surface area contributed by atoms with Gasteiger partial charge in [-0.3, -0.25) is 4.79 Å². The van der Waals surface area contributed by atoms with Crippen LogP contribution in [0.3, 0.4) is 0 Å². The Kier molecular flexibility index (Phi) is 6.18. The molecule has 0 saturated heterocycles. The van der Waals surface area contributed by atoms with E-state index in [4.69, 9.17) is 14.4 Å². The van der Waals surface area contributed by atoms with E-state index in [1.807, 2.05) is 24.3 Å². The Bertz CT molecular complexity index is 847. The van der Waals surface area contributed by atoms with E-state index in [1.54, 1.807) is 13.0 Å². The van der Waals surface area contributed by atoms with Crippen LogP contribution in [0.5, 0.6) is 0 Å². The molecule has 0 spiro atoms. The van der Waals surface area contributed by atoms with Crippen molar-refractivity contribution in [1.82, 2.24) is 0 Å². The Morgan fingerprint density at radius 3 is 2.60 bits per heavy atom. The average molecular weight is 342 g/mol. The molecule has 1 unspecified atom stereocenters. The molecule has 0 aliphatic heterocycles. The molecule has 25 heavy (non-hydrogen) atoms. The van der Waals surface area contributed by atoms with Crippen LogP contribution in [-0.2, 0) is 16.0 Å². The van der Waals surface area contributed by atoms with Crippen molar-refractivity contribution in [2.75, 3.05) is 24.6 Å². The van der Waals surface area contributed by atoms with Crippen LogP contribution >= 0.6 is 0 Å². The fourth-order valence-corrected chi connectivity index (χ4v) is 2.71. The van der Waals surface area contributed by atoms with Crippen LogP contribution in [0.2, 0.25) is 0 Å². The molecule has 0 saturated carbocycles. The van der Waals surface area contributed by atoms with Crippen LogP contribution < -0.4 is 10.5 Å².